The number of rotatable bonds is 4. The maximum Gasteiger partial charge on any atom is 0.302 e. The van der Waals surface area contributed by atoms with E-state index in [0.29, 0.717) is 0 Å². The largest absolute Gasteiger partial charge is 0.465 e. The molecule has 0 bridgehead atoms. The topological polar surface area (TPSA) is 44.8 Å². The first-order valence-electron chi connectivity index (χ1n) is 10.2. The van der Waals surface area contributed by atoms with Crippen LogP contribution in [0.25, 0.3) is 10.8 Å². The number of esters is 1. The Labute approximate surface area is 160 Å². The second-order valence-corrected chi connectivity index (χ2v) is 7.65. The summed E-state index contributed by atoms with van der Waals surface area (Å²) in [5.41, 5.74) is 1.17. The van der Waals surface area contributed by atoms with Crippen molar-refractivity contribution in [2.75, 3.05) is 6.61 Å². The molecular formula is C23H28O4. The predicted octanol–water partition coefficient (Wildman–Crippen LogP) is 5.33. The highest BCUT2D eigenvalue weighted by Crippen LogP contribution is 2.43. The van der Waals surface area contributed by atoms with Gasteiger partial charge in [0.15, 0.2) is 6.29 Å². The van der Waals surface area contributed by atoms with Gasteiger partial charge in [0, 0.05) is 24.8 Å². The summed E-state index contributed by atoms with van der Waals surface area (Å²) in [4.78, 5) is 11.7. The van der Waals surface area contributed by atoms with E-state index in [2.05, 4.69) is 36.4 Å². The van der Waals surface area contributed by atoms with Crippen molar-refractivity contribution in [2.45, 2.75) is 70.2 Å². The lowest BCUT2D eigenvalue weighted by Gasteiger charge is -2.34. The van der Waals surface area contributed by atoms with Crippen molar-refractivity contribution in [2.24, 2.45) is 0 Å². The number of benzene rings is 2. The minimum atomic E-state index is -0.204. The Morgan fingerprint density at radius 2 is 1.81 bits per heavy atom. The van der Waals surface area contributed by atoms with Crippen LogP contribution in [-0.4, -0.2) is 25.0 Å². The predicted molar refractivity (Wildman–Crippen MR) is 105 cm³/mol. The molecule has 2 aromatic carbocycles. The van der Waals surface area contributed by atoms with E-state index in [1.54, 1.807) is 0 Å². The zero-order valence-corrected chi connectivity index (χ0v) is 16.0. The first kappa shape index (κ1) is 18.3. The third kappa shape index (κ3) is 4.11. The maximum absolute atomic E-state index is 11.7. The normalized spacial score (nSPS) is 25.9. The molecule has 1 aliphatic heterocycles. The summed E-state index contributed by atoms with van der Waals surface area (Å²) < 4.78 is 17.9. The molecule has 27 heavy (non-hydrogen) atoms. The van der Waals surface area contributed by atoms with Gasteiger partial charge in [0.1, 0.15) is 11.9 Å². The van der Waals surface area contributed by atoms with E-state index in [9.17, 15) is 4.79 Å². The van der Waals surface area contributed by atoms with Crippen LogP contribution >= 0.6 is 0 Å². The van der Waals surface area contributed by atoms with Crippen LogP contribution in [0, 0.1) is 0 Å². The van der Waals surface area contributed by atoms with Gasteiger partial charge in [-0.05, 0) is 48.9 Å². The molecule has 4 heteroatoms. The molecule has 1 aliphatic carbocycles. The molecule has 0 unspecified atom stereocenters. The first-order chi connectivity index (χ1) is 13.2. The molecule has 1 saturated heterocycles. The molecule has 0 radical (unpaired) electrons. The standard InChI is InChI=1S/C23H28O4/c1-16(24)26-20-11-5-4-10-19(20)23-18-9-3-2-8-17(18)13-14-21(23)27-22-12-6-7-15-25-22/h2-3,8-9,13-14,19-20,22H,4-7,10-12,15H2,1H3/t19-,20+,22+/m1/s1. The van der Waals surface area contributed by atoms with Gasteiger partial charge in [-0.2, -0.15) is 0 Å². The van der Waals surface area contributed by atoms with Gasteiger partial charge < -0.3 is 14.2 Å². The number of hydrogen-bond acceptors (Lipinski definition) is 4. The molecule has 144 valence electrons. The van der Waals surface area contributed by atoms with Crippen molar-refractivity contribution >= 4 is 16.7 Å². The Morgan fingerprint density at radius 1 is 1.00 bits per heavy atom. The fraction of sp³-hybridized carbons (Fsp3) is 0.522. The summed E-state index contributed by atoms with van der Waals surface area (Å²) in [5, 5.41) is 2.38. The summed E-state index contributed by atoms with van der Waals surface area (Å²) >= 11 is 0. The Kier molecular flexibility index (Phi) is 5.63. The van der Waals surface area contributed by atoms with Crippen molar-refractivity contribution in [3.8, 4) is 5.75 Å². The molecule has 1 saturated carbocycles. The van der Waals surface area contributed by atoms with E-state index in [0.717, 1.165) is 57.3 Å². The van der Waals surface area contributed by atoms with E-state index in [-0.39, 0.29) is 24.3 Å². The van der Waals surface area contributed by atoms with Crippen molar-refractivity contribution < 1.29 is 19.0 Å². The van der Waals surface area contributed by atoms with Gasteiger partial charge in [0.2, 0.25) is 0 Å². The average Bonchev–Trinajstić information content (AvgIpc) is 2.69. The highest BCUT2D eigenvalue weighted by molar-refractivity contribution is 5.88. The van der Waals surface area contributed by atoms with Gasteiger partial charge in [-0.1, -0.05) is 36.8 Å². The quantitative estimate of drug-likeness (QED) is 0.684. The van der Waals surface area contributed by atoms with Gasteiger partial charge in [0.25, 0.3) is 0 Å². The molecular weight excluding hydrogens is 340 g/mol. The SMILES string of the molecule is CC(=O)O[C@H]1CCCC[C@H]1c1c(O[C@H]2CCCCO2)ccc2ccccc12. The van der Waals surface area contributed by atoms with Crippen molar-refractivity contribution in [3.05, 3.63) is 42.0 Å². The number of ether oxygens (including phenoxy) is 3. The van der Waals surface area contributed by atoms with Crippen molar-refractivity contribution in [1.29, 1.82) is 0 Å². The van der Waals surface area contributed by atoms with Gasteiger partial charge in [-0.3, -0.25) is 4.79 Å². The van der Waals surface area contributed by atoms with Crippen LogP contribution in [0.5, 0.6) is 5.75 Å². The van der Waals surface area contributed by atoms with Crippen LogP contribution in [0.1, 0.15) is 63.4 Å². The number of hydrogen-bond donors (Lipinski definition) is 0. The lowest BCUT2D eigenvalue weighted by atomic mass is 9.79. The van der Waals surface area contributed by atoms with Gasteiger partial charge in [0.05, 0.1) is 6.61 Å². The summed E-state index contributed by atoms with van der Waals surface area (Å²) in [6.45, 7) is 2.26. The Morgan fingerprint density at radius 3 is 2.63 bits per heavy atom. The smallest absolute Gasteiger partial charge is 0.302 e. The molecule has 0 spiro atoms. The average molecular weight is 368 g/mol. The van der Waals surface area contributed by atoms with E-state index in [4.69, 9.17) is 14.2 Å². The molecule has 0 amide bonds. The zero-order valence-electron chi connectivity index (χ0n) is 16.0. The van der Waals surface area contributed by atoms with Crippen LogP contribution < -0.4 is 4.74 Å². The van der Waals surface area contributed by atoms with E-state index in [1.807, 2.05) is 0 Å². The summed E-state index contributed by atoms with van der Waals surface area (Å²) in [6, 6.07) is 12.6. The van der Waals surface area contributed by atoms with E-state index >= 15 is 0 Å². The van der Waals surface area contributed by atoms with Crippen LogP contribution in [0.15, 0.2) is 36.4 Å². The van der Waals surface area contributed by atoms with Crippen LogP contribution in [-0.2, 0) is 14.3 Å². The Bertz CT molecular complexity index is 794. The molecule has 4 rings (SSSR count). The zero-order chi connectivity index (χ0) is 18.6. The number of fused-ring (bicyclic) bond motifs is 1. The summed E-state index contributed by atoms with van der Waals surface area (Å²) in [7, 11) is 0. The van der Waals surface area contributed by atoms with Gasteiger partial charge in [-0.25, -0.2) is 0 Å². The Hall–Kier alpha value is -2.07. The second kappa shape index (κ2) is 8.30. The first-order valence-corrected chi connectivity index (χ1v) is 10.2. The lowest BCUT2D eigenvalue weighted by molar-refractivity contribution is -0.149. The molecule has 4 nitrogen and oxygen atoms in total. The summed E-state index contributed by atoms with van der Waals surface area (Å²) in [5.74, 6) is 0.835. The molecule has 1 heterocycles. The molecule has 2 aromatic rings. The maximum atomic E-state index is 11.7. The minimum absolute atomic E-state index is 0.0864. The van der Waals surface area contributed by atoms with Gasteiger partial charge in [-0.15, -0.1) is 0 Å². The highest BCUT2D eigenvalue weighted by Gasteiger charge is 2.33. The number of carbonyl (C=O) groups excluding carboxylic acids is 1. The molecule has 0 aromatic heterocycles. The molecule has 2 fully saturated rings. The third-order valence-electron chi connectivity index (χ3n) is 5.72. The summed E-state index contributed by atoms with van der Waals surface area (Å²) in [6.07, 6.45) is 7.04. The van der Waals surface area contributed by atoms with E-state index < -0.39 is 0 Å². The molecule has 0 N–H and O–H groups in total. The van der Waals surface area contributed by atoms with Crippen molar-refractivity contribution in [3.63, 3.8) is 0 Å². The molecule has 3 atom stereocenters. The third-order valence-corrected chi connectivity index (χ3v) is 5.72. The fourth-order valence-corrected chi connectivity index (χ4v) is 4.49. The van der Waals surface area contributed by atoms with Crippen molar-refractivity contribution in [1.82, 2.24) is 0 Å². The highest BCUT2D eigenvalue weighted by atomic mass is 16.7. The lowest BCUT2D eigenvalue weighted by Crippen LogP contribution is -2.30. The van der Waals surface area contributed by atoms with Crippen LogP contribution in [0.4, 0.5) is 0 Å². The van der Waals surface area contributed by atoms with E-state index in [1.165, 1.54) is 23.3 Å². The monoisotopic (exact) mass is 368 g/mol. The van der Waals surface area contributed by atoms with Crippen LogP contribution in [0.3, 0.4) is 0 Å². The van der Waals surface area contributed by atoms with Crippen LogP contribution in [0.2, 0.25) is 0 Å². The second-order valence-electron chi connectivity index (χ2n) is 7.65. The number of carbonyl (C=O) groups is 1. The van der Waals surface area contributed by atoms with Gasteiger partial charge >= 0.3 is 5.97 Å². The molecule has 2 aliphatic rings. The Balaban J connectivity index is 1.75. The fourth-order valence-electron chi connectivity index (χ4n) is 4.49. The minimum Gasteiger partial charge on any atom is -0.465 e.